The van der Waals surface area contributed by atoms with E-state index in [-0.39, 0.29) is 12.1 Å². The van der Waals surface area contributed by atoms with Gasteiger partial charge in [0.1, 0.15) is 5.76 Å². The van der Waals surface area contributed by atoms with Gasteiger partial charge in [0.25, 0.3) is 0 Å². The monoisotopic (exact) mass is 405 g/mol. The number of urea groups is 1. The number of amides is 2. The molecule has 3 rings (SSSR count). The Bertz CT molecular complexity index is 682. The number of likely N-dealkylation sites (tertiary alicyclic amines) is 1. The fourth-order valence-electron chi connectivity index (χ4n) is 3.57. The van der Waals surface area contributed by atoms with Crippen molar-refractivity contribution in [3.8, 4) is 0 Å². The van der Waals surface area contributed by atoms with Crippen molar-refractivity contribution in [1.29, 1.82) is 0 Å². The molecular formula is C21H31N3O3S. The molecule has 1 aliphatic rings. The van der Waals surface area contributed by atoms with Crippen molar-refractivity contribution in [3.63, 3.8) is 0 Å². The van der Waals surface area contributed by atoms with E-state index < -0.39 is 0 Å². The van der Waals surface area contributed by atoms with E-state index in [4.69, 9.17) is 9.15 Å². The molecule has 0 aromatic carbocycles. The van der Waals surface area contributed by atoms with Crippen LogP contribution in [0.25, 0.3) is 0 Å². The summed E-state index contributed by atoms with van der Waals surface area (Å²) >= 11 is 1.76. The standard InChI is InChI=1S/C21H31N3O3S/c1-17-7-9-23(10-8-17)19(20-6-4-14-28-20)15-22-21(25)24(11-13-26-2)16-18-5-3-12-27-18/h3-6,12,14,17,19H,7-11,13,15-16H2,1-2H3,(H,22,25). The highest BCUT2D eigenvalue weighted by Gasteiger charge is 2.26. The third kappa shape index (κ3) is 5.83. The SMILES string of the molecule is COCCN(Cc1ccco1)C(=O)NCC(c1cccs1)N1CCC(C)CC1. The Kier molecular flexibility index (Phi) is 7.94. The molecule has 6 nitrogen and oxygen atoms in total. The van der Waals surface area contributed by atoms with Crippen LogP contribution >= 0.6 is 11.3 Å². The molecule has 0 radical (unpaired) electrons. The van der Waals surface area contributed by atoms with Crippen molar-refractivity contribution in [1.82, 2.24) is 15.1 Å². The minimum atomic E-state index is -0.0830. The molecule has 1 N–H and O–H groups in total. The fourth-order valence-corrected chi connectivity index (χ4v) is 4.43. The van der Waals surface area contributed by atoms with Crippen LogP contribution in [0.2, 0.25) is 0 Å². The minimum absolute atomic E-state index is 0.0830. The van der Waals surface area contributed by atoms with Gasteiger partial charge in [-0.05, 0) is 55.4 Å². The lowest BCUT2D eigenvalue weighted by atomic mass is 9.97. The van der Waals surface area contributed by atoms with Gasteiger partial charge >= 0.3 is 6.03 Å². The van der Waals surface area contributed by atoms with E-state index >= 15 is 0 Å². The van der Waals surface area contributed by atoms with E-state index in [1.165, 1.54) is 17.7 Å². The van der Waals surface area contributed by atoms with Gasteiger partial charge in [-0.15, -0.1) is 11.3 Å². The van der Waals surface area contributed by atoms with Crippen molar-refractivity contribution in [2.75, 3.05) is 39.9 Å². The van der Waals surface area contributed by atoms with E-state index in [0.29, 0.717) is 26.2 Å². The molecule has 2 amide bonds. The summed E-state index contributed by atoms with van der Waals surface area (Å²) in [6.07, 6.45) is 4.06. The van der Waals surface area contributed by atoms with Crippen LogP contribution in [0.3, 0.4) is 0 Å². The molecule has 0 aliphatic carbocycles. The highest BCUT2D eigenvalue weighted by molar-refractivity contribution is 7.10. The number of furan rings is 1. The molecule has 154 valence electrons. The van der Waals surface area contributed by atoms with Gasteiger partial charge in [0, 0.05) is 25.1 Å². The van der Waals surface area contributed by atoms with Crippen LogP contribution < -0.4 is 5.32 Å². The van der Waals surface area contributed by atoms with Gasteiger partial charge in [0.15, 0.2) is 0 Å². The number of carbonyl (C=O) groups is 1. The maximum absolute atomic E-state index is 12.9. The van der Waals surface area contributed by atoms with Crippen molar-refractivity contribution in [2.45, 2.75) is 32.4 Å². The van der Waals surface area contributed by atoms with Gasteiger partial charge in [0.05, 0.1) is 25.5 Å². The maximum Gasteiger partial charge on any atom is 0.317 e. The normalized spacial score (nSPS) is 16.8. The molecule has 2 aromatic heterocycles. The Morgan fingerprint density at radius 3 is 2.86 bits per heavy atom. The molecule has 1 fully saturated rings. The zero-order valence-electron chi connectivity index (χ0n) is 16.8. The summed E-state index contributed by atoms with van der Waals surface area (Å²) in [6, 6.07) is 8.13. The summed E-state index contributed by atoms with van der Waals surface area (Å²) in [5, 5.41) is 5.27. The van der Waals surface area contributed by atoms with E-state index in [2.05, 4.69) is 34.7 Å². The summed E-state index contributed by atoms with van der Waals surface area (Å²) in [5.74, 6) is 1.55. The number of nitrogens with zero attached hydrogens (tertiary/aromatic N) is 2. The molecule has 1 unspecified atom stereocenters. The second kappa shape index (κ2) is 10.6. The van der Waals surface area contributed by atoms with Gasteiger partial charge in [-0.25, -0.2) is 4.79 Å². The summed E-state index contributed by atoms with van der Waals surface area (Å²) in [4.78, 5) is 18.5. The van der Waals surface area contributed by atoms with Crippen LogP contribution in [-0.2, 0) is 11.3 Å². The van der Waals surface area contributed by atoms with Gasteiger partial charge in [-0.1, -0.05) is 13.0 Å². The first-order valence-electron chi connectivity index (χ1n) is 9.99. The van der Waals surface area contributed by atoms with E-state index in [1.807, 2.05) is 12.1 Å². The second-order valence-electron chi connectivity index (χ2n) is 7.43. The Balaban J connectivity index is 1.62. The van der Waals surface area contributed by atoms with Crippen molar-refractivity contribution >= 4 is 17.4 Å². The number of nitrogens with one attached hydrogen (secondary N) is 1. The van der Waals surface area contributed by atoms with Gasteiger partial charge < -0.3 is 19.4 Å². The maximum atomic E-state index is 12.9. The van der Waals surface area contributed by atoms with Crippen LogP contribution in [-0.4, -0.2) is 55.7 Å². The average molecular weight is 406 g/mol. The molecule has 1 saturated heterocycles. The number of ether oxygens (including phenoxy) is 1. The van der Waals surface area contributed by atoms with E-state index in [9.17, 15) is 4.79 Å². The molecule has 1 aliphatic heterocycles. The predicted molar refractivity (Wildman–Crippen MR) is 111 cm³/mol. The number of rotatable bonds is 9. The molecule has 0 saturated carbocycles. The molecule has 28 heavy (non-hydrogen) atoms. The third-order valence-electron chi connectivity index (χ3n) is 5.36. The first-order chi connectivity index (χ1) is 13.7. The Hall–Kier alpha value is -1.83. The number of piperidine rings is 1. The number of hydrogen-bond donors (Lipinski definition) is 1. The average Bonchev–Trinajstić information content (AvgIpc) is 3.40. The molecule has 7 heteroatoms. The van der Waals surface area contributed by atoms with E-state index in [0.717, 1.165) is 24.8 Å². The Morgan fingerprint density at radius 1 is 1.39 bits per heavy atom. The summed E-state index contributed by atoms with van der Waals surface area (Å²) in [7, 11) is 1.65. The van der Waals surface area contributed by atoms with Gasteiger partial charge in [-0.2, -0.15) is 0 Å². The van der Waals surface area contributed by atoms with Crippen molar-refractivity contribution in [2.24, 2.45) is 5.92 Å². The highest BCUT2D eigenvalue weighted by Crippen LogP contribution is 2.29. The molecule has 2 aromatic rings. The van der Waals surface area contributed by atoms with Gasteiger partial charge in [-0.3, -0.25) is 4.90 Å². The zero-order chi connectivity index (χ0) is 19.8. The molecule has 3 heterocycles. The molecule has 0 bridgehead atoms. The molecule has 1 atom stereocenters. The third-order valence-corrected chi connectivity index (χ3v) is 6.33. The molecular weight excluding hydrogens is 374 g/mol. The summed E-state index contributed by atoms with van der Waals surface area (Å²) < 4.78 is 10.6. The number of methoxy groups -OCH3 is 1. The predicted octanol–water partition coefficient (Wildman–Crippen LogP) is 3.97. The number of carbonyl (C=O) groups excluding carboxylic acids is 1. The smallest absolute Gasteiger partial charge is 0.317 e. The zero-order valence-corrected chi connectivity index (χ0v) is 17.6. The summed E-state index contributed by atoms with van der Waals surface area (Å²) in [6.45, 7) is 6.54. The van der Waals surface area contributed by atoms with Crippen LogP contribution in [0, 0.1) is 5.92 Å². The quantitative estimate of drug-likeness (QED) is 0.686. The lowest BCUT2D eigenvalue weighted by Crippen LogP contribution is -2.46. The highest BCUT2D eigenvalue weighted by atomic mass is 32.1. The van der Waals surface area contributed by atoms with Crippen molar-refractivity contribution in [3.05, 3.63) is 46.5 Å². The number of thiophene rings is 1. The first-order valence-corrected chi connectivity index (χ1v) is 10.9. The largest absolute Gasteiger partial charge is 0.467 e. The Labute approximate surface area is 171 Å². The first kappa shape index (κ1) is 20.9. The van der Waals surface area contributed by atoms with E-state index in [1.54, 1.807) is 29.6 Å². The fraction of sp³-hybridized carbons (Fsp3) is 0.571. The Morgan fingerprint density at radius 2 is 2.21 bits per heavy atom. The summed E-state index contributed by atoms with van der Waals surface area (Å²) in [5.41, 5.74) is 0. The van der Waals surface area contributed by atoms with Crippen molar-refractivity contribution < 1.29 is 13.9 Å². The van der Waals surface area contributed by atoms with Crippen LogP contribution in [0.4, 0.5) is 4.79 Å². The minimum Gasteiger partial charge on any atom is -0.467 e. The molecule has 0 spiro atoms. The topological polar surface area (TPSA) is 58.0 Å². The van der Waals surface area contributed by atoms with Crippen LogP contribution in [0.5, 0.6) is 0 Å². The second-order valence-corrected chi connectivity index (χ2v) is 8.41. The van der Waals surface area contributed by atoms with Crippen LogP contribution in [0.1, 0.15) is 36.4 Å². The lowest BCUT2D eigenvalue weighted by Gasteiger charge is -2.36. The van der Waals surface area contributed by atoms with Crippen LogP contribution in [0.15, 0.2) is 40.3 Å². The lowest BCUT2D eigenvalue weighted by molar-refractivity contribution is 0.127. The number of hydrogen-bond acceptors (Lipinski definition) is 5. The van der Waals surface area contributed by atoms with Gasteiger partial charge in [0.2, 0.25) is 0 Å².